The SMILES string of the molecule is CN=C(NCc1ccc(OCCCN(C)C)cc1)NCc1ccc(N2CCCC2=O)cc1. The van der Waals surface area contributed by atoms with Gasteiger partial charge in [0.1, 0.15) is 5.75 Å². The van der Waals surface area contributed by atoms with E-state index in [1.54, 1.807) is 7.05 Å². The van der Waals surface area contributed by atoms with Crippen molar-refractivity contribution in [3.8, 4) is 5.75 Å². The molecule has 0 unspecified atom stereocenters. The van der Waals surface area contributed by atoms with Crippen molar-refractivity contribution in [2.75, 3.05) is 45.7 Å². The lowest BCUT2D eigenvalue weighted by molar-refractivity contribution is -0.117. The summed E-state index contributed by atoms with van der Waals surface area (Å²) in [4.78, 5) is 20.2. The van der Waals surface area contributed by atoms with Gasteiger partial charge in [0.15, 0.2) is 5.96 Å². The van der Waals surface area contributed by atoms with Crippen molar-refractivity contribution in [1.29, 1.82) is 0 Å². The predicted octanol–water partition coefficient (Wildman–Crippen LogP) is 3.01. The highest BCUT2D eigenvalue weighted by Crippen LogP contribution is 2.21. The quantitative estimate of drug-likeness (QED) is 0.340. The maximum Gasteiger partial charge on any atom is 0.227 e. The van der Waals surface area contributed by atoms with Crippen LogP contribution >= 0.6 is 0 Å². The van der Waals surface area contributed by atoms with Gasteiger partial charge < -0.3 is 25.2 Å². The summed E-state index contributed by atoms with van der Waals surface area (Å²) in [6.45, 7) is 3.90. The van der Waals surface area contributed by atoms with Crippen molar-refractivity contribution in [3.63, 3.8) is 0 Å². The first-order valence-electron chi connectivity index (χ1n) is 11.3. The van der Waals surface area contributed by atoms with Crippen LogP contribution in [-0.2, 0) is 17.9 Å². The molecule has 172 valence electrons. The van der Waals surface area contributed by atoms with E-state index in [9.17, 15) is 4.79 Å². The Hall–Kier alpha value is -3.06. The van der Waals surface area contributed by atoms with Crippen LogP contribution in [-0.4, -0.2) is 57.6 Å². The van der Waals surface area contributed by atoms with E-state index in [-0.39, 0.29) is 5.91 Å². The second-order valence-corrected chi connectivity index (χ2v) is 8.24. The van der Waals surface area contributed by atoms with E-state index in [2.05, 4.69) is 58.9 Å². The highest BCUT2D eigenvalue weighted by molar-refractivity contribution is 5.95. The highest BCUT2D eigenvalue weighted by atomic mass is 16.5. The van der Waals surface area contributed by atoms with Crippen molar-refractivity contribution in [1.82, 2.24) is 15.5 Å². The minimum absolute atomic E-state index is 0.212. The average Bonchev–Trinajstić information content (AvgIpc) is 3.24. The van der Waals surface area contributed by atoms with Crippen LogP contribution in [0.4, 0.5) is 5.69 Å². The fraction of sp³-hybridized carbons (Fsp3) is 0.440. The zero-order valence-corrected chi connectivity index (χ0v) is 19.4. The van der Waals surface area contributed by atoms with Gasteiger partial charge >= 0.3 is 0 Å². The van der Waals surface area contributed by atoms with E-state index in [0.717, 1.165) is 61.1 Å². The van der Waals surface area contributed by atoms with Crippen molar-refractivity contribution < 1.29 is 9.53 Å². The lowest BCUT2D eigenvalue weighted by atomic mass is 10.2. The van der Waals surface area contributed by atoms with E-state index >= 15 is 0 Å². The molecule has 0 bridgehead atoms. The van der Waals surface area contributed by atoms with Crippen LogP contribution in [0.1, 0.15) is 30.4 Å². The normalized spacial score (nSPS) is 14.2. The van der Waals surface area contributed by atoms with Crippen LogP contribution in [0, 0.1) is 0 Å². The second-order valence-electron chi connectivity index (χ2n) is 8.24. The summed E-state index contributed by atoms with van der Waals surface area (Å²) in [5.41, 5.74) is 3.27. The number of hydrogen-bond donors (Lipinski definition) is 2. The number of carbonyl (C=O) groups is 1. The Balaban J connectivity index is 1.40. The molecule has 1 aliphatic rings. The third-order valence-electron chi connectivity index (χ3n) is 5.41. The van der Waals surface area contributed by atoms with Gasteiger partial charge in [0.25, 0.3) is 0 Å². The predicted molar refractivity (Wildman–Crippen MR) is 130 cm³/mol. The molecule has 1 amide bonds. The van der Waals surface area contributed by atoms with Crippen LogP contribution in [0.3, 0.4) is 0 Å². The largest absolute Gasteiger partial charge is 0.494 e. The number of guanidine groups is 1. The van der Waals surface area contributed by atoms with Gasteiger partial charge in [0.2, 0.25) is 5.91 Å². The smallest absolute Gasteiger partial charge is 0.227 e. The maximum absolute atomic E-state index is 11.9. The number of ether oxygens (including phenoxy) is 1. The molecule has 0 aromatic heterocycles. The Morgan fingerprint density at radius 1 is 1.03 bits per heavy atom. The molecule has 1 saturated heterocycles. The molecular weight excluding hydrogens is 402 g/mol. The summed E-state index contributed by atoms with van der Waals surface area (Å²) in [7, 11) is 5.90. The van der Waals surface area contributed by atoms with Gasteiger partial charge in [-0.15, -0.1) is 0 Å². The fourth-order valence-electron chi connectivity index (χ4n) is 3.58. The molecule has 3 rings (SSSR count). The standard InChI is InChI=1S/C25H35N5O2/c1-26-25(27-18-20-7-11-22(12-8-20)30-16-4-6-24(30)31)28-19-21-9-13-23(14-10-21)32-17-5-15-29(2)3/h7-14H,4-6,15-19H2,1-3H3,(H2,26,27,28). The van der Waals surface area contributed by atoms with Gasteiger partial charge in [0.05, 0.1) is 6.61 Å². The molecule has 0 spiro atoms. The number of hydrogen-bond acceptors (Lipinski definition) is 4. The van der Waals surface area contributed by atoms with E-state index in [4.69, 9.17) is 4.74 Å². The zero-order valence-electron chi connectivity index (χ0n) is 19.4. The average molecular weight is 438 g/mol. The van der Waals surface area contributed by atoms with Crippen molar-refractivity contribution in [3.05, 3.63) is 59.7 Å². The van der Waals surface area contributed by atoms with Gasteiger partial charge in [0, 0.05) is 45.3 Å². The van der Waals surface area contributed by atoms with Crippen molar-refractivity contribution >= 4 is 17.6 Å². The van der Waals surface area contributed by atoms with Crippen LogP contribution in [0.25, 0.3) is 0 Å². The molecule has 0 atom stereocenters. The summed E-state index contributed by atoms with van der Waals surface area (Å²) in [5, 5.41) is 6.68. The fourth-order valence-corrected chi connectivity index (χ4v) is 3.58. The molecule has 1 heterocycles. The summed E-state index contributed by atoms with van der Waals surface area (Å²) in [5.74, 6) is 1.85. The third-order valence-corrected chi connectivity index (χ3v) is 5.41. The molecule has 32 heavy (non-hydrogen) atoms. The number of amides is 1. The summed E-state index contributed by atoms with van der Waals surface area (Å²) in [6, 6.07) is 16.3. The molecule has 0 saturated carbocycles. The van der Waals surface area contributed by atoms with Crippen LogP contribution < -0.4 is 20.3 Å². The Labute approximate surface area is 191 Å². The summed E-state index contributed by atoms with van der Waals surface area (Å²) >= 11 is 0. The van der Waals surface area contributed by atoms with Crippen molar-refractivity contribution in [2.24, 2.45) is 4.99 Å². The van der Waals surface area contributed by atoms with Gasteiger partial charge in [-0.3, -0.25) is 9.79 Å². The molecule has 0 radical (unpaired) electrons. The summed E-state index contributed by atoms with van der Waals surface area (Å²) < 4.78 is 5.79. The van der Waals surface area contributed by atoms with Gasteiger partial charge in [-0.05, 0) is 62.3 Å². The Bertz CT molecular complexity index is 878. The first-order valence-corrected chi connectivity index (χ1v) is 11.3. The molecule has 1 fully saturated rings. The first kappa shape index (κ1) is 23.6. The second kappa shape index (κ2) is 12.1. The Morgan fingerprint density at radius 2 is 1.66 bits per heavy atom. The van der Waals surface area contributed by atoms with Crippen LogP contribution in [0.5, 0.6) is 5.75 Å². The lowest BCUT2D eigenvalue weighted by Gasteiger charge is -2.16. The number of aliphatic imine (C=N–C) groups is 1. The van der Waals surface area contributed by atoms with Gasteiger partial charge in [-0.1, -0.05) is 24.3 Å². The van der Waals surface area contributed by atoms with Crippen LogP contribution in [0.2, 0.25) is 0 Å². The molecule has 2 N–H and O–H groups in total. The van der Waals surface area contributed by atoms with E-state index in [0.29, 0.717) is 19.5 Å². The summed E-state index contributed by atoms with van der Waals surface area (Å²) in [6.07, 6.45) is 2.60. The molecule has 1 aliphatic heterocycles. The highest BCUT2D eigenvalue weighted by Gasteiger charge is 2.21. The molecular formula is C25H35N5O2. The Kier molecular flexibility index (Phi) is 8.92. The minimum atomic E-state index is 0.212. The number of benzene rings is 2. The van der Waals surface area contributed by atoms with Gasteiger partial charge in [-0.2, -0.15) is 0 Å². The molecule has 0 aliphatic carbocycles. The number of nitrogens with zero attached hydrogens (tertiary/aromatic N) is 3. The van der Waals surface area contributed by atoms with Crippen molar-refractivity contribution in [2.45, 2.75) is 32.4 Å². The maximum atomic E-state index is 11.9. The van der Waals surface area contributed by atoms with E-state index in [1.807, 2.05) is 29.2 Å². The number of carbonyl (C=O) groups excluding carboxylic acids is 1. The molecule has 2 aromatic rings. The Morgan fingerprint density at radius 3 is 2.19 bits per heavy atom. The lowest BCUT2D eigenvalue weighted by Crippen LogP contribution is -2.36. The topological polar surface area (TPSA) is 69.2 Å². The third kappa shape index (κ3) is 7.27. The monoisotopic (exact) mass is 437 g/mol. The van der Waals surface area contributed by atoms with E-state index < -0.39 is 0 Å². The van der Waals surface area contributed by atoms with E-state index in [1.165, 1.54) is 0 Å². The molecule has 7 nitrogen and oxygen atoms in total. The number of anilines is 1. The number of nitrogens with one attached hydrogen (secondary N) is 2. The molecule has 7 heteroatoms. The molecule has 2 aromatic carbocycles. The van der Waals surface area contributed by atoms with Crippen LogP contribution in [0.15, 0.2) is 53.5 Å². The minimum Gasteiger partial charge on any atom is -0.494 e. The zero-order chi connectivity index (χ0) is 22.8. The first-order chi connectivity index (χ1) is 15.5. The van der Waals surface area contributed by atoms with Gasteiger partial charge in [-0.25, -0.2) is 0 Å². The number of rotatable bonds is 10.